The smallest absolute Gasteiger partial charge is 0.339 e. The van der Waals surface area contributed by atoms with Crippen molar-refractivity contribution in [1.82, 2.24) is 4.90 Å². The molecule has 0 spiro atoms. The van der Waals surface area contributed by atoms with Crippen molar-refractivity contribution < 1.29 is 31.1 Å². The van der Waals surface area contributed by atoms with Gasteiger partial charge in [0.1, 0.15) is 0 Å². The van der Waals surface area contributed by atoms with Gasteiger partial charge in [-0.3, -0.25) is 4.79 Å². The van der Waals surface area contributed by atoms with Crippen LogP contribution in [0.25, 0.3) is 0 Å². The van der Waals surface area contributed by atoms with E-state index in [1.807, 2.05) is 13.8 Å². The monoisotopic (exact) mass is 355 g/mol. The molecule has 1 rings (SSSR count). The highest BCUT2D eigenvalue weighted by Gasteiger charge is 2.38. The first-order valence-corrected chi connectivity index (χ1v) is 7.30. The Labute approximate surface area is 136 Å². The van der Waals surface area contributed by atoms with Gasteiger partial charge in [0, 0.05) is 18.7 Å². The summed E-state index contributed by atoms with van der Waals surface area (Å²) in [5.41, 5.74) is -3.62. The summed E-state index contributed by atoms with van der Waals surface area (Å²) in [5.74, 6) is -0.651. The van der Waals surface area contributed by atoms with Crippen LogP contribution in [0.1, 0.15) is 48.7 Å². The molecule has 1 atom stereocenters. The van der Waals surface area contributed by atoms with Crippen molar-refractivity contribution in [2.24, 2.45) is 5.92 Å². The highest BCUT2D eigenvalue weighted by Crippen LogP contribution is 2.36. The number of hydrogen-bond donors (Lipinski definition) is 0. The first kappa shape index (κ1) is 20.3. The highest BCUT2D eigenvalue weighted by molar-refractivity contribution is 5.94. The lowest BCUT2D eigenvalue weighted by molar-refractivity contribution is -0.143. The Balaban J connectivity index is 3.29. The summed E-state index contributed by atoms with van der Waals surface area (Å²) >= 11 is 0. The van der Waals surface area contributed by atoms with Gasteiger partial charge in [-0.15, -0.1) is 0 Å². The van der Waals surface area contributed by atoms with Gasteiger partial charge in [0.2, 0.25) is 0 Å². The topological polar surface area (TPSA) is 20.3 Å². The van der Waals surface area contributed by atoms with E-state index >= 15 is 0 Å². The minimum Gasteiger partial charge on any atom is -0.339 e. The molecule has 24 heavy (non-hydrogen) atoms. The van der Waals surface area contributed by atoms with Gasteiger partial charge in [0.05, 0.1) is 11.1 Å². The molecule has 1 amide bonds. The van der Waals surface area contributed by atoms with Crippen LogP contribution in [-0.4, -0.2) is 23.9 Å². The maximum absolute atomic E-state index is 12.8. The van der Waals surface area contributed by atoms with Crippen molar-refractivity contribution in [1.29, 1.82) is 0 Å². The summed E-state index contributed by atoms with van der Waals surface area (Å²) < 4.78 is 77.0. The highest BCUT2D eigenvalue weighted by atomic mass is 19.4. The largest absolute Gasteiger partial charge is 0.416 e. The van der Waals surface area contributed by atoms with Crippen molar-refractivity contribution in [2.75, 3.05) is 7.05 Å². The van der Waals surface area contributed by atoms with E-state index < -0.39 is 35.0 Å². The van der Waals surface area contributed by atoms with Gasteiger partial charge < -0.3 is 4.90 Å². The van der Waals surface area contributed by atoms with E-state index in [1.54, 1.807) is 6.92 Å². The van der Waals surface area contributed by atoms with Crippen molar-refractivity contribution >= 4 is 5.91 Å². The minimum absolute atomic E-state index is 0.00826. The molecule has 0 saturated heterocycles. The first-order chi connectivity index (χ1) is 10.7. The molecule has 0 aromatic heterocycles. The zero-order valence-electron chi connectivity index (χ0n) is 13.7. The zero-order chi connectivity index (χ0) is 18.9. The van der Waals surface area contributed by atoms with Crippen LogP contribution in [-0.2, 0) is 12.4 Å². The van der Waals surface area contributed by atoms with Gasteiger partial charge in [-0.05, 0) is 37.5 Å². The van der Waals surface area contributed by atoms with E-state index in [0.717, 1.165) is 4.90 Å². The molecule has 0 unspecified atom stereocenters. The second kappa shape index (κ2) is 7.03. The number of alkyl halides is 6. The molecule has 0 fully saturated rings. The Hall–Kier alpha value is -1.73. The van der Waals surface area contributed by atoms with Crippen LogP contribution in [0.15, 0.2) is 18.2 Å². The fourth-order valence-electron chi connectivity index (χ4n) is 2.32. The van der Waals surface area contributed by atoms with Crippen molar-refractivity contribution in [2.45, 2.75) is 45.6 Å². The van der Waals surface area contributed by atoms with Crippen molar-refractivity contribution in [3.8, 4) is 0 Å². The molecule has 2 nitrogen and oxygen atoms in total. The molecule has 136 valence electrons. The molecule has 0 aliphatic heterocycles. The summed E-state index contributed by atoms with van der Waals surface area (Å²) in [6.07, 6.45) is -9.37. The standard InChI is InChI=1S/C16H19F6NO/c1-9(2)5-10(3)23(4)14(24)11-6-12(15(17,18)19)8-13(7-11)16(20,21)22/h6-10H,5H2,1-4H3/t10-/m0/s1. The van der Waals surface area contributed by atoms with Crippen LogP contribution in [0.4, 0.5) is 26.3 Å². The average molecular weight is 355 g/mol. The normalized spacial score (nSPS) is 14.0. The molecule has 0 radical (unpaired) electrons. The zero-order valence-corrected chi connectivity index (χ0v) is 13.7. The van der Waals surface area contributed by atoms with Crippen LogP contribution >= 0.6 is 0 Å². The van der Waals surface area contributed by atoms with E-state index in [9.17, 15) is 31.1 Å². The summed E-state index contributed by atoms with van der Waals surface area (Å²) in [7, 11) is 1.36. The van der Waals surface area contributed by atoms with Crippen LogP contribution in [0.2, 0.25) is 0 Å². The minimum atomic E-state index is -4.97. The van der Waals surface area contributed by atoms with Crippen LogP contribution < -0.4 is 0 Å². The van der Waals surface area contributed by atoms with Gasteiger partial charge in [-0.25, -0.2) is 0 Å². The number of nitrogens with zero attached hydrogens (tertiary/aromatic N) is 1. The third kappa shape index (κ3) is 5.14. The Morgan fingerprint density at radius 3 is 1.71 bits per heavy atom. The molecular weight excluding hydrogens is 336 g/mol. The third-order valence-corrected chi connectivity index (χ3v) is 3.63. The molecule has 0 aliphatic rings. The molecule has 0 N–H and O–H groups in total. The number of carbonyl (C=O) groups excluding carboxylic acids is 1. The Morgan fingerprint density at radius 2 is 1.38 bits per heavy atom. The van der Waals surface area contributed by atoms with E-state index in [0.29, 0.717) is 18.6 Å². The molecule has 0 saturated carbocycles. The first-order valence-electron chi connectivity index (χ1n) is 7.30. The average Bonchev–Trinajstić information content (AvgIpc) is 2.42. The van der Waals surface area contributed by atoms with Gasteiger partial charge in [0.25, 0.3) is 5.91 Å². The Morgan fingerprint density at radius 1 is 0.958 bits per heavy atom. The predicted molar refractivity (Wildman–Crippen MR) is 77.5 cm³/mol. The van der Waals surface area contributed by atoms with Gasteiger partial charge in [-0.1, -0.05) is 13.8 Å². The number of amides is 1. The molecule has 1 aromatic carbocycles. The molecule has 1 aromatic rings. The third-order valence-electron chi connectivity index (χ3n) is 3.63. The number of hydrogen-bond acceptors (Lipinski definition) is 1. The van der Waals surface area contributed by atoms with Crippen LogP contribution in [0.3, 0.4) is 0 Å². The van der Waals surface area contributed by atoms with Crippen molar-refractivity contribution in [3.63, 3.8) is 0 Å². The second-order valence-corrected chi connectivity index (χ2v) is 6.19. The van der Waals surface area contributed by atoms with E-state index in [4.69, 9.17) is 0 Å². The number of benzene rings is 1. The van der Waals surface area contributed by atoms with E-state index in [-0.39, 0.29) is 18.0 Å². The molecule has 0 aliphatic carbocycles. The van der Waals surface area contributed by atoms with Crippen LogP contribution in [0.5, 0.6) is 0 Å². The number of rotatable bonds is 4. The van der Waals surface area contributed by atoms with Gasteiger partial charge in [0.15, 0.2) is 0 Å². The lowest BCUT2D eigenvalue weighted by atomic mass is 10.0. The molecule has 0 heterocycles. The summed E-state index contributed by atoms with van der Waals surface area (Å²) in [4.78, 5) is 13.5. The maximum Gasteiger partial charge on any atom is 0.416 e. The molecule has 0 bridgehead atoms. The van der Waals surface area contributed by atoms with Crippen molar-refractivity contribution in [3.05, 3.63) is 34.9 Å². The van der Waals surface area contributed by atoms with E-state index in [2.05, 4.69) is 0 Å². The fourth-order valence-corrected chi connectivity index (χ4v) is 2.32. The quantitative estimate of drug-likeness (QED) is 0.677. The van der Waals surface area contributed by atoms with Gasteiger partial charge >= 0.3 is 12.4 Å². The lowest BCUT2D eigenvalue weighted by Gasteiger charge is -2.27. The predicted octanol–water partition coefficient (Wildman–Crippen LogP) is 5.23. The fraction of sp³-hybridized carbons (Fsp3) is 0.562. The molecular formula is C16H19F6NO. The summed E-state index contributed by atoms with van der Waals surface area (Å²) in [6, 6.07) is 0.599. The SMILES string of the molecule is CC(C)C[C@H](C)N(C)C(=O)c1cc(C(F)(F)F)cc(C(F)(F)F)c1. The maximum atomic E-state index is 12.8. The number of halogens is 6. The van der Waals surface area contributed by atoms with Gasteiger partial charge in [-0.2, -0.15) is 26.3 Å². The Kier molecular flexibility index (Phi) is 5.95. The molecule has 8 heteroatoms. The summed E-state index contributed by atoms with van der Waals surface area (Å²) in [5, 5.41) is 0. The number of carbonyl (C=O) groups is 1. The Bertz CT molecular complexity index is 559. The van der Waals surface area contributed by atoms with E-state index in [1.165, 1.54) is 7.05 Å². The second-order valence-electron chi connectivity index (χ2n) is 6.19. The summed E-state index contributed by atoms with van der Waals surface area (Å²) in [6.45, 7) is 5.50. The lowest BCUT2D eigenvalue weighted by Crippen LogP contribution is -2.36. The van der Waals surface area contributed by atoms with Crippen LogP contribution in [0, 0.1) is 5.92 Å².